The minimum absolute atomic E-state index is 0.0324. The number of esters is 2. The molecule has 1 saturated heterocycles. The van der Waals surface area contributed by atoms with Crippen LogP contribution in [0.25, 0.3) is 0 Å². The Labute approximate surface area is 218 Å². The summed E-state index contributed by atoms with van der Waals surface area (Å²) in [5.74, 6) is -1.79. The van der Waals surface area contributed by atoms with Gasteiger partial charge in [-0.2, -0.15) is 0 Å². The molecule has 1 fully saturated rings. The number of urea groups is 1. The first kappa shape index (κ1) is 29.5. The molecule has 2 aromatic carbocycles. The van der Waals surface area contributed by atoms with Crippen LogP contribution in [0.1, 0.15) is 45.2 Å². The molecule has 0 bridgehead atoms. The summed E-state index contributed by atoms with van der Waals surface area (Å²) >= 11 is 0. The first-order valence-corrected chi connectivity index (χ1v) is 12.7. The molecule has 0 radical (unpaired) electrons. The number of carbonyl (C=O) groups excluding carboxylic acids is 4. The Morgan fingerprint density at radius 3 is 2.19 bits per heavy atom. The van der Waals surface area contributed by atoms with E-state index in [1.54, 1.807) is 13.8 Å². The van der Waals surface area contributed by atoms with Crippen LogP contribution in [0.15, 0.2) is 60.7 Å². The summed E-state index contributed by atoms with van der Waals surface area (Å²) in [5, 5.41) is 5.51. The molecule has 0 aliphatic carbocycles. The number of benzene rings is 2. The lowest BCUT2D eigenvalue weighted by molar-refractivity contribution is -0.153. The van der Waals surface area contributed by atoms with Gasteiger partial charge in [0.15, 0.2) is 6.04 Å². The predicted molar refractivity (Wildman–Crippen MR) is 139 cm³/mol. The summed E-state index contributed by atoms with van der Waals surface area (Å²) in [6, 6.07) is 15.3. The highest BCUT2D eigenvalue weighted by Crippen LogP contribution is 2.14. The largest absolute Gasteiger partial charge is 0.465 e. The maximum Gasteiger partial charge on any atom is 0.331 e. The van der Waals surface area contributed by atoms with Crippen LogP contribution in [0.5, 0.6) is 0 Å². The number of carbonyl (C=O) groups is 4. The zero-order valence-corrected chi connectivity index (χ0v) is 21.9. The Morgan fingerprint density at radius 1 is 1.00 bits per heavy atom. The molecule has 1 aliphatic heterocycles. The molecule has 0 spiro atoms. The average Bonchev–Trinajstić information content (AvgIpc) is 3.32. The monoisotopic (exact) mass is 511 g/mol. The summed E-state index contributed by atoms with van der Waals surface area (Å²) in [4.78, 5) is 51.7. The van der Waals surface area contributed by atoms with Gasteiger partial charge < -0.3 is 14.8 Å². The van der Waals surface area contributed by atoms with Crippen molar-refractivity contribution >= 4 is 23.9 Å². The quantitative estimate of drug-likeness (QED) is 0.445. The van der Waals surface area contributed by atoms with Crippen LogP contribution in [0.4, 0.5) is 4.79 Å². The summed E-state index contributed by atoms with van der Waals surface area (Å²) in [6.45, 7) is 7.45. The van der Waals surface area contributed by atoms with Crippen molar-refractivity contribution in [2.75, 3.05) is 13.2 Å². The molecule has 0 aromatic heterocycles. The normalized spacial score (nSPS) is 16.1. The number of amides is 3. The first-order valence-electron chi connectivity index (χ1n) is 12.7. The molecule has 9 nitrogen and oxygen atoms in total. The maximum atomic E-state index is 13.2. The van der Waals surface area contributed by atoms with Crippen LogP contribution in [0, 0.1) is 0 Å². The van der Waals surface area contributed by atoms with Gasteiger partial charge in [-0.25, -0.2) is 14.5 Å². The molecule has 37 heavy (non-hydrogen) atoms. The minimum atomic E-state index is -1.09. The average molecular weight is 512 g/mol. The number of hydrogen-bond acceptors (Lipinski definition) is 7. The molecule has 3 amide bonds. The van der Waals surface area contributed by atoms with Crippen molar-refractivity contribution in [1.82, 2.24) is 15.5 Å². The van der Waals surface area contributed by atoms with Crippen molar-refractivity contribution in [3.63, 3.8) is 0 Å². The van der Waals surface area contributed by atoms with Gasteiger partial charge >= 0.3 is 18.0 Å². The number of nitrogens with one attached hydrogen (secondary N) is 2. The molecule has 200 valence electrons. The van der Waals surface area contributed by atoms with Crippen LogP contribution in [0.2, 0.25) is 0 Å². The van der Waals surface area contributed by atoms with Crippen LogP contribution in [-0.4, -0.2) is 60.1 Å². The maximum absolute atomic E-state index is 13.2. The SMILES string of the molecule is CC.CCOC(=O)[C@H](CCc1ccccc1)N[C@@H](C)C(=O)N1C(=O)NC[C@H]1C(=O)OCc1ccccc1. The summed E-state index contributed by atoms with van der Waals surface area (Å²) in [7, 11) is 0. The van der Waals surface area contributed by atoms with Gasteiger partial charge in [0.05, 0.1) is 19.2 Å². The Kier molecular flexibility index (Phi) is 12.3. The van der Waals surface area contributed by atoms with Crippen molar-refractivity contribution in [2.24, 2.45) is 0 Å². The van der Waals surface area contributed by atoms with E-state index >= 15 is 0 Å². The van der Waals surface area contributed by atoms with Crippen molar-refractivity contribution in [1.29, 1.82) is 0 Å². The summed E-state index contributed by atoms with van der Waals surface area (Å²) in [6.07, 6.45) is 0.992. The molecule has 0 unspecified atom stereocenters. The van der Waals surface area contributed by atoms with Crippen LogP contribution >= 0.6 is 0 Å². The third-order valence-corrected chi connectivity index (χ3v) is 5.67. The highest BCUT2D eigenvalue weighted by molar-refractivity contribution is 6.03. The van der Waals surface area contributed by atoms with Crippen molar-refractivity contribution in [3.8, 4) is 0 Å². The topological polar surface area (TPSA) is 114 Å². The van der Waals surface area contributed by atoms with E-state index in [9.17, 15) is 19.2 Å². The van der Waals surface area contributed by atoms with Crippen molar-refractivity contribution in [2.45, 2.75) is 65.3 Å². The van der Waals surface area contributed by atoms with E-state index in [4.69, 9.17) is 9.47 Å². The van der Waals surface area contributed by atoms with Gasteiger partial charge in [0.25, 0.3) is 0 Å². The molecule has 9 heteroatoms. The number of imide groups is 1. The highest BCUT2D eigenvalue weighted by Gasteiger charge is 2.43. The lowest BCUT2D eigenvalue weighted by atomic mass is 10.0. The fourth-order valence-corrected chi connectivity index (χ4v) is 3.82. The van der Waals surface area contributed by atoms with Crippen LogP contribution in [-0.2, 0) is 36.9 Å². The van der Waals surface area contributed by atoms with E-state index in [1.165, 1.54) is 0 Å². The third-order valence-electron chi connectivity index (χ3n) is 5.67. The molecule has 3 atom stereocenters. The zero-order valence-electron chi connectivity index (χ0n) is 21.9. The molecule has 2 aromatic rings. The van der Waals surface area contributed by atoms with E-state index in [1.807, 2.05) is 74.5 Å². The van der Waals surface area contributed by atoms with Crippen molar-refractivity contribution < 1.29 is 28.7 Å². The van der Waals surface area contributed by atoms with E-state index in [0.717, 1.165) is 16.0 Å². The van der Waals surface area contributed by atoms with E-state index in [2.05, 4.69) is 10.6 Å². The number of ether oxygens (including phenoxy) is 2. The number of aryl methyl sites for hydroxylation is 1. The second-order valence-electron chi connectivity index (χ2n) is 8.22. The van der Waals surface area contributed by atoms with Gasteiger partial charge in [-0.15, -0.1) is 0 Å². The van der Waals surface area contributed by atoms with Crippen LogP contribution < -0.4 is 10.6 Å². The molecule has 3 rings (SSSR count). The lowest BCUT2D eigenvalue weighted by Gasteiger charge is -2.26. The fourth-order valence-electron chi connectivity index (χ4n) is 3.82. The third kappa shape index (κ3) is 8.71. The number of nitrogens with zero attached hydrogens (tertiary/aromatic N) is 1. The molecule has 2 N–H and O–H groups in total. The Morgan fingerprint density at radius 2 is 1.59 bits per heavy atom. The second-order valence-corrected chi connectivity index (χ2v) is 8.22. The number of rotatable bonds is 11. The fraction of sp³-hybridized carbons (Fsp3) is 0.429. The van der Waals surface area contributed by atoms with E-state index in [0.29, 0.717) is 12.8 Å². The van der Waals surface area contributed by atoms with Crippen LogP contribution in [0.3, 0.4) is 0 Å². The van der Waals surface area contributed by atoms with Gasteiger partial charge in [0.1, 0.15) is 12.6 Å². The predicted octanol–water partition coefficient (Wildman–Crippen LogP) is 3.22. The lowest BCUT2D eigenvalue weighted by Crippen LogP contribution is -2.55. The van der Waals surface area contributed by atoms with Gasteiger partial charge in [-0.05, 0) is 37.8 Å². The standard InChI is InChI=1S/C26H31N3O6.C2H6/c1-3-34-24(31)21(15-14-19-10-6-4-7-11-19)28-18(2)23(30)29-22(16-27-26(29)33)25(32)35-17-20-12-8-5-9-13-20;1-2/h4-13,18,21-22,28H,3,14-17H2,1-2H3,(H,27,33);1-2H3/t18-,21-,22-;/m0./s1. The molecular weight excluding hydrogens is 474 g/mol. The van der Waals surface area contributed by atoms with Gasteiger partial charge in [-0.1, -0.05) is 74.5 Å². The highest BCUT2D eigenvalue weighted by atomic mass is 16.5. The van der Waals surface area contributed by atoms with Gasteiger partial charge in [0.2, 0.25) is 5.91 Å². The summed E-state index contributed by atoms with van der Waals surface area (Å²) in [5.41, 5.74) is 1.84. The Hall–Kier alpha value is -3.72. The smallest absolute Gasteiger partial charge is 0.331 e. The molecule has 1 aliphatic rings. The molecule has 1 heterocycles. The van der Waals surface area contributed by atoms with Gasteiger partial charge in [-0.3, -0.25) is 14.9 Å². The van der Waals surface area contributed by atoms with E-state index < -0.39 is 42.0 Å². The zero-order chi connectivity index (χ0) is 27.2. The van der Waals surface area contributed by atoms with Gasteiger partial charge in [0, 0.05) is 0 Å². The van der Waals surface area contributed by atoms with E-state index in [-0.39, 0.29) is 19.8 Å². The summed E-state index contributed by atoms with van der Waals surface area (Å²) < 4.78 is 10.5. The first-order chi connectivity index (χ1) is 17.9. The second kappa shape index (κ2) is 15.4. The number of hydrogen-bond donors (Lipinski definition) is 2. The Bertz CT molecular complexity index is 1020. The molecular formula is C28H37N3O6. The molecule has 0 saturated carbocycles. The van der Waals surface area contributed by atoms with Crippen molar-refractivity contribution in [3.05, 3.63) is 71.8 Å². The Balaban J connectivity index is 0.00000235. The minimum Gasteiger partial charge on any atom is -0.465 e.